The summed E-state index contributed by atoms with van der Waals surface area (Å²) in [5.41, 5.74) is 0.402. The number of methoxy groups -OCH3 is 2. The number of esters is 1. The molecule has 0 aliphatic carbocycles. The lowest BCUT2D eigenvalue weighted by Crippen LogP contribution is -2.06. The number of hydrogen-bond donors (Lipinski definition) is 2. The summed E-state index contributed by atoms with van der Waals surface area (Å²) in [6, 6.07) is 14.0. The van der Waals surface area contributed by atoms with E-state index in [1.807, 2.05) is 0 Å². The molecule has 0 saturated heterocycles. The van der Waals surface area contributed by atoms with Crippen molar-refractivity contribution in [1.82, 2.24) is 4.98 Å². The van der Waals surface area contributed by atoms with E-state index in [4.69, 9.17) is 18.9 Å². The zero-order chi connectivity index (χ0) is 21.5. The number of rotatable bonds is 7. The maximum atomic E-state index is 12.1. The summed E-state index contributed by atoms with van der Waals surface area (Å²) in [4.78, 5) is 16.3. The Kier molecular flexibility index (Phi) is 6.39. The van der Waals surface area contributed by atoms with Crippen LogP contribution in [0.1, 0.15) is 5.56 Å². The van der Waals surface area contributed by atoms with Crippen molar-refractivity contribution < 1.29 is 34.0 Å². The summed E-state index contributed by atoms with van der Waals surface area (Å²) in [7, 11) is 2.64. The fraction of sp³-hybridized carbons (Fsp3) is 0.0909. The Morgan fingerprint density at radius 1 is 0.967 bits per heavy atom. The lowest BCUT2D eigenvalue weighted by Gasteiger charge is -2.14. The molecule has 30 heavy (non-hydrogen) atoms. The molecule has 1 aromatic heterocycles. The van der Waals surface area contributed by atoms with Crippen LogP contribution in [-0.2, 0) is 14.3 Å². The lowest BCUT2D eigenvalue weighted by atomic mass is 10.1. The third-order valence-corrected chi connectivity index (χ3v) is 3.92. The second kappa shape index (κ2) is 9.33. The number of benzene rings is 2. The Labute approximate surface area is 172 Å². The van der Waals surface area contributed by atoms with E-state index in [0.717, 1.165) is 0 Å². The highest BCUT2D eigenvalue weighted by molar-refractivity contribution is 6.16. The minimum atomic E-state index is -0.639. The van der Waals surface area contributed by atoms with Crippen LogP contribution in [-0.4, -0.2) is 35.4 Å². The number of nitrogens with zero attached hydrogens (tertiary/aromatic N) is 1. The highest BCUT2D eigenvalue weighted by atomic mass is 16.5. The highest BCUT2D eigenvalue weighted by Gasteiger charge is 2.20. The van der Waals surface area contributed by atoms with E-state index >= 15 is 0 Å². The number of pyridine rings is 1. The van der Waals surface area contributed by atoms with E-state index in [2.05, 4.69) is 4.98 Å². The molecule has 3 rings (SSSR count). The molecule has 0 saturated carbocycles. The molecule has 0 spiro atoms. The minimum Gasteiger partial charge on any atom is -0.508 e. The van der Waals surface area contributed by atoms with Gasteiger partial charge in [-0.15, -0.1) is 0 Å². The van der Waals surface area contributed by atoms with Crippen molar-refractivity contribution in [3.8, 4) is 34.6 Å². The van der Waals surface area contributed by atoms with E-state index in [1.54, 1.807) is 30.3 Å². The van der Waals surface area contributed by atoms with E-state index in [1.165, 1.54) is 50.9 Å². The number of phenolic OH excluding ortho intramolecular Hbond substituents is 2. The number of carbonyl (C=O) groups is 1. The fourth-order valence-electron chi connectivity index (χ4n) is 2.57. The quantitative estimate of drug-likeness (QED) is 0.339. The van der Waals surface area contributed by atoms with Crippen LogP contribution in [0.25, 0.3) is 5.57 Å². The summed E-state index contributed by atoms with van der Waals surface area (Å²) in [5.74, 6) is -0.358. The van der Waals surface area contributed by atoms with E-state index in [0.29, 0.717) is 11.3 Å². The van der Waals surface area contributed by atoms with Gasteiger partial charge in [-0.05, 0) is 36.4 Å². The topological polar surface area (TPSA) is 107 Å². The molecule has 3 aromatic rings. The van der Waals surface area contributed by atoms with Crippen LogP contribution in [0.5, 0.6) is 34.6 Å². The molecule has 8 nitrogen and oxygen atoms in total. The molecule has 0 fully saturated rings. The van der Waals surface area contributed by atoms with Gasteiger partial charge >= 0.3 is 5.97 Å². The van der Waals surface area contributed by atoms with Gasteiger partial charge in [-0.1, -0.05) is 12.1 Å². The average molecular weight is 409 g/mol. The molecule has 0 aliphatic rings. The maximum Gasteiger partial charge on any atom is 0.341 e. The number of hydrogen-bond acceptors (Lipinski definition) is 8. The Balaban J connectivity index is 1.94. The Morgan fingerprint density at radius 2 is 1.70 bits per heavy atom. The number of ether oxygens (including phenoxy) is 4. The van der Waals surface area contributed by atoms with Crippen molar-refractivity contribution in [2.24, 2.45) is 0 Å². The van der Waals surface area contributed by atoms with Gasteiger partial charge in [-0.25, -0.2) is 9.78 Å². The van der Waals surface area contributed by atoms with Gasteiger partial charge in [0.15, 0.2) is 11.5 Å². The predicted molar refractivity (Wildman–Crippen MR) is 108 cm³/mol. The first kappa shape index (κ1) is 20.5. The van der Waals surface area contributed by atoms with Crippen LogP contribution in [0.3, 0.4) is 0 Å². The van der Waals surface area contributed by atoms with Crippen LogP contribution in [0, 0.1) is 0 Å². The van der Waals surface area contributed by atoms with Crippen LogP contribution in [0.4, 0.5) is 0 Å². The molecule has 0 radical (unpaired) electrons. The van der Waals surface area contributed by atoms with Gasteiger partial charge in [0.1, 0.15) is 17.1 Å². The summed E-state index contributed by atoms with van der Waals surface area (Å²) in [6.07, 6.45) is 2.70. The number of phenols is 2. The highest BCUT2D eigenvalue weighted by Crippen LogP contribution is 2.41. The molecular weight excluding hydrogens is 390 g/mol. The molecule has 0 unspecified atom stereocenters. The standard InChI is InChI=1S/C22H19NO7/c1-27-13-17(22(26)28-2)16-8-5-11-23-21(16)30-19-10-4-9-18(20(19)25)29-15-7-3-6-14(24)12-15/h3-13,24-25H,1-2H3/b17-13+. The first-order valence-electron chi connectivity index (χ1n) is 8.77. The van der Waals surface area contributed by atoms with E-state index < -0.39 is 5.97 Å². The zero-order valence-electron chi connectivity index (χ0n) is 16.2. The summed E-state index contributed by atoms with van der Waals surface area (Å²) in [5, 5.41) is 20.2. The molecule has 0 atom stereocenters. The van der Waals surface area contributed by atoms with Crippen molar-refractivity contribution in [1.29, 1.82) is 0 Å². The SMILES string of the molecule is CO/C=C(/C(=O)OC)c1cccnc1Oc1cccc(Oc2cccc(O)c2)c1O. The molecular formula is C22H19NO7. The molecule has 154 valence electrons. The van der Waals surface area contributed by atoms with Crippen LogP contribution >= 0.6 is 0 Å². The molecule has 8 heteroatoms. The molecule has 0 amide bonds. The number of para-hydroxylation sites is 1. The second-order valence-electron chi connectivity index (χ2n) is 5.92. The largest absolute Gasteiger partial charge is 0.508 e. The van der Waals surface area contributed by atoms with E-state index in [-0.39, 0.29) is 34.5 Å². The monoisotopic (exact) mass is 409 g/mol. The fourth-order valence-corrected chi connectivity index (χ4v) is 2.57. The summed E-state index contributed by atoms with van der Waals surface area (Å²) >= 11 is 0. The van der Waals surface area contributed by atoms with Gasteiger partial charge < -0.3 is 29.2 Å². The molecule has 2 aromatic carbocycles. The van der Waals surface area contributed by atoms with Gasteiger partial charge in [-0.2, -0.15) is 0 Å². The summed E-state index contributed by atoms with van der Waals surface area (Å²) in [6.45, 7) is 0. The predicted octanol–water partition coefficient (Wildman–Crippen LogP) is 4.24. The van der Waals surface area contributed by atoms with Crippen LogP contribution in [0.2, 0.25) is 0 Å². The average Bonchev–Trinajstić information content (AvgIpc) is 2.75. The van der Waals surface area contributed by atoms with Crippen molar-refractivity contribution in [3.63, 3.8) is 0 Å². The normalized spacial score (nSPS) is 10.9. The molecule has 2 N–H and O–H groups in total. The Hall–Kier alpha value is -4.20. The van der Waals surface area contributed by atoms with Crippen LogP contribution < -0.4 is 9.47 Å². The number of carbonyl (C=O) groups excluding carboxylic acids is 1. The van der Waals surface area contributed by atoms with Gasteiger partial charge in [0.05, 0.1) is 26.0 Å². The smallest absolute Gasteiger partial charge is 0.341 e. The van der Waals surface area contributed by atoms with Crippen molar-refractivity contribution in [2.45, 2.75) is 0 Å². The van der Waals surface area contributed by atoms with Gasteiger partial charge in [0.2, 0.25) is 11.6 Å². The van der Waals surface area contributed by atoms with Crippen molar-refractivity contribution in [3.05, 3.63) is 72.6 Å². The first-order valence-corrected chi connectivity index (χ1v) is 8.77. The Morgan fingerprint density at radius 3 is 2.40 bits per heavy atom. The van der Waals surface area contributed by atoms with Crippen molar-refractivity contribution in [2.75, 3.05) is 14.2 Å². The molecule has 0 aliphatic heterocycles. The first-order chi connectivity index (χ1) is 14.5. The maximum absolute atomic E-state index is 12.1. The third kappa shape index (κ3) is 4.61. The summed E-state index contributed by atoms with van der Waals surface area (Å²) < 4.78 is 21.1. The van der Waals surface area contributed by atoms with Gasteiger partial charge in [0, 0.05) is 12.3 Å². The van der Waals surface area contributed by atoms with Gasteiger partial charge in [0.25, 0.3) is 0 Å². The Bertz CT molecular complexity index is 1080. The van der Waals surface area contributed by atoms with Gasteiger partial charge in [-0.3, -0.25) is 0 Å². The lowest BCUT2D eigenvalue weighted by molar-refractivity contribution is -0.133. The van der Waals surface area contributed by atoms with Crippen LogP contribution in [0.15, 0.2) is 67.1 Å². The second-order valence-corrected chi connectivity index (χ2v) is 5.92. The number of aromatic hydroxyl groups is 2. The van der Waals surface area contributed by atoms with Crippen molar-refractivity contribution >= 4 is 11.5 Å². The minimum absolute atomic E-state index is 0.0257. The molecule has 1 heterocycles. The van der Waals surface area contributed by atoms with E-state index in [9.17, 15) is 15.0 Å². The third-order valence-electron chi connectivity index (χ3n) is 3.92. The molecule has 0 bridgehead atoms. The number of aromatic nitrogens is 1. The zero-order valence-corrected chi connectivity index (χ0v) is 16.2.